The van der Waals surface area contributed by atoms with Crippen LogP contribution in [0.5, 0.6) is 0 Å². The highest BCUT2D eigenvalue weighted by Crippen LogP contribution is 2.43. The van der Waals surface area contributed by atoms with E-state index in [4.69, 9.17) is 10.5 Å². The van der Waals surface area contributed by atoms with E-state index < -0.39 is 11.9 Å². The van der Waals surface area contributed by atoms with Crippen molar-refractivity contribution >= 4 is 22.0 Å². The summed E-state index contributed by atoms with van der Waals surface area (Å²) in [5.41, 5.74) is 5.81. The first kappa shape index (κ1) is 16.9. The molecule has 1 aliphatic carbocycles. The minimum absolute atomic E-state index is 0.0738. The lowest BCUT2D eigenvalue weighted by Gasteiger charge is -2.33. The molecular formula is C16H14BrF3N2O2. The molecule has 2 atom stereocenters. The van der Waals surface area contributed by atoms with Gasteiger partial charge in [0.05, 0.1) is 0 Å². The molecule has 0 fully saturated rings. The molecule has 1 aromatic rings. The number of nitrogens with two attached hydrogens (primary N) is 1. The van der Waals surface area contributed by atoms with Crippen LogP contribution in [-0.2, 0) is 15.0 Å². The van der Waals surface area contributed by atoms with Crippen LogP contribution in [0.4, 0.5) is 13.2 Å². The first-order valence-electron chi connectivity index (χ1n) is 7.17. The highest BCUT2D eigenvalue weighted by Gasteiger charge is 2.45. The molecule has 2 N–H and O–H groups in total. The van der Waals surface area contributed by atoms with Gasteiger partial charge in [-0.15, -0.1) is 13.2 Å². The topological polar surface area (TPSA) is 56.8 Å². The van der Waals surface area contributed by atoms with Crippen LogP contribution in [0.25, 0.3) is 0 Å². The third kappa shape index (κ3) is 3.43. The maximum atomic E-state index is 12.3. The minimum atomic E-state index is -4.70. The van der Waals surface area contributed by atoms with E-state index in [2.05, 4.69) is 25.7 Å². The van der Waals surface area contributed by atoms with E-state index in [0.717, 1.165) is 10.0 Å². The number of ether oxygens (including phenoxy) is 2. The smallest absolute Gasteiger partial charge is 0.462 e. The second kappa shape index (κ2) is 6.16. The molecule has 0 saturated carbocycles. The first-order chi connectivity index (χ1) is 11.3. The van der Waals surface area contributed by atoms with Crippen molar-refractivity contribution in [1.29, 1.82) is 0 Å². The Kier molecular flexibility index (Phi) is 4.33. The maximum Gasteiger partial charge on any atom is 0.573 e. The number of rotatable bonds is 3. The highest BCUT2D eigenvalue weighted by molar-refractivity contribution is 9.10. The molecular weight excluding hydrogens is 389 g/mol. The van der Waals surface area contributed by atoms with Crippen LogP contribution in [0.15, 0.2) is 57.7 Å². The van der Waals surface area contributed by atoms with Crippen LogP contribution >= 0.6 is 15.9 Å². The van der Waals surface area contributed by atoms with E-state index >= 15 is 0 Å². The number of hydrogen-bond acceptors (Lipinski definition) is 4. The van der Waals surface area contributed by atoms with Crippen molar-refractivity contribution in [1.82, 2.24) is 0 Å². The molecule has 0 bridgehead atoms. The molecule has 0 saturated heterocycles. The number of allylic oxidation sites excluding steroid dienone is 2. The number of aliphatic imine (C=N–C) groups is 1. The summed E-state index contributed by atoms with van der Waals surface area (Å²) in [5.74, 6) is -0.424. The van der Waals surface area contributed by atoms with Gasteiger partial charge in [-0.1, -0.05) is 34.1 Å². The molecule has 8 heteroatoms. The Labute approximate surface area is 145 Å². The molecule has 1 aliphatic heterocycles. The predicted octanol–water partition coefficient (Wildman–Crippen LogP) is 3.99. The zero-order chi connectivity index (χ0) is 17.4. The second-order valence-corrected chi connectivity index (χ2v) is 6.44. The lowest BCUT2D eigenvalue weighted by Crippen LogP contribution is -2.35. The number of hydrogen-bond donors (Lipinski definition) is 1. The Morgan fingerprint density at radius 1 is 1.38 bits per heavy atom. The number of benzene rings is 1. The molecule has 3 rings (SSSR count). The fraction of sp³-hybridized carbons (Fsp3) is 0.312. The Hall–Kier alpha value is -1.96. The number of halogens is 4. The fourth-order valence-electron chi connectivity index (χ4n) is 2.92. The first-order valence-corrected chi connectivity index (χ1v) is 7.96. The monoisotopic (exact) mass is 402 g/mol. The quantitative estimate of drug-likeness (QED) is 0.831. The van der Waals surface area contributed by atoms with Crippen molar-refractivity contribution < 1.29 is 22.6 Å². The van der Waals surface area contributed by atoms with Crippen molar-refractivity contribution in [2.24, 2.45) is 16.6 Å². The number of amidine groups is 1. The van der Waals surface area contributed by atoms with E-state index in [9.17, 15) is 13.2 Å². The van der Waals surface area contributed by atoms with E-state index in [-0.39, 0.29) is 24.3 Å². The summed E-state index contributed by atoms with van der Waals surface area (Å²) in [5, 5.41) is 0. The standard InChI is InChI=1S/C16H14BrF3N2O2/c17-12-3-1-2-11(8-12)15(9-23-14(21)22-15)10-4-6-13(7-5-10)24-16(18,19)20/h1-4,6-8,10H,5,9H2,(H2,21,22). The summed E-state index contributed by atoms with van der Waals surface area (Å²) in [4.78, 5) is 4.46. The van der Waals surface area contributed by atoms with E-state index in [1.807, 2.05) is 24.3 Å². The molecule has 0 aromatic heterocycles. The summed E-state index contributed by atoms with van der Waals surface area (Å²) >= 11 is 3.42. The van der Waals surface area contributed by atoms with Crippen molar-refractivity contribution in [3.8, 4) is 0 Å². The molecule has 2 aliphatic rings. The SMILES string of the molecule is NC1=NC(c2cccc(Br)c2)(C2C=CC(OC(F)(F)F)=CC2)CO1. The van der Waals surface area contributed by atoms with Gasteiger partial charge in [0.15, 0.2) is 0 Å². The van der Waals surface area contributed by atoms with Crippen LogP contribution in [0.3, 0.4) is 0 Å². The third-order valence-electron chi connectivity index (χ3n) is 3.99. The zero-order valence-corrected chi connectivity index (χ0v) is 14.0. The highest BCUT2D eigenvalue weighted by atomic mass is 79.9. The van der Waals surface area contributed by atoms with Gasteiger partial charge in [0.1, 0.15) is 17.9 Å². The predicted molar refractivity (Wildman–Crippen MR) is 85.9 cm³/mol. The Bertz CT molecular complexity index is 730. The van der Waals surface area contributed by atoms with Crippen LogP contribution in [0, 0.1) is 5.92 Å². The molecule has 24 heavy (non-hydrogen) atoms. The molecule has 4 nitrogen and oxygen atoms in total. The van der Waals surface area contributed by atoms with E-state index in [1.54, 1.807) is 6.08 Å². The largest absolute Gasteiger partial charge is 0.573 e. The van der Waals surface area contributed by atoms with Crippen LogP contribution in [0.2, 0.25) is 0 Å². The molecule has 2 unspecified atom stereocenters. The summed E-state index contributed by atoms with van der Waals surface area (Å²) < 4.78 is 47.1. The normalized spacial score (nSPS) is 26.6. The summed E-state index contributed by atoms with van der Waals surface area (Å²) in [6, 6.07) is 7.63. The van der Waals surface area contributed by atoms with Gasteiger partial charge in [-0.05, 0) is 36.3 Å². The molecule has 0 radical (unpaired) electrons. The molecule has 0 spiro atoms. The van der Waals surface area contributed by atoms with Gasteiger partial charge in [-0.3, -0.25) is 0 Å². The van der Waals surface area contributed by atoms with Crippen molar-refractivity contribution in [3.63, 3.8) is 0 Å². The Morgan fingerprint density at radius 3 is 2.71 bits per heavy atom. The average Bonchev–Trinajstić information content (AvgIpc) is 2.90. The zero-order valence-electron chi connectivity index (χ0n) is 12.4. The lowest BCUT2D eigenvalue weighted by molar-refractivity contribution is -0.303. The van der Waals surface area contributed by atoms with Gasteiger partial charge in [0.25, 0.3) is 6.02 Å². The Balaban J connectivity index is 1.89. The number of nitrogens with zero attached hydrogens (tertiary/aromatic N) is 1. The molecule has 128 valence electrons. The van der Waals surface area contributed by atoms with Gasteiger partial charge in [0, 0.05) is 10.4 Å². The van der Waals surface area contributed by atoms with E-state index in [1.165, 1.54) is 12.2 Å². The van der Waals surface area contributed by atoms with Crippen molar-refractivity contribution in [2.45, 2.75) is 18.3 Å². The summed E-state index contributed by atoms with van der Waals surface area (Å²) in [6.45, 7) is 0.230. The average molecular weight is 403 g/mol. The molecule has 1 aromatic carbocycles. The maximum absolute atomic E-state index is 12.3. The van der Waals surface area contributed by atoms with Gasteiger partial charge >= 0.3 is 6.36 Å². The molecule has 1 heterocycles. The van der Waals surface area contributed by atoms with Gasteiger partial charge in [-0.25, -0.2) is 4.99 Å². The van der Waals surface area contributed by atoms with Gasteiger partial charge in [-0.2, -0.15) is 0 Å². The van der Waals surface area contributed by atoms with Crippen molar-refractivity contribution in [2.75, 3.05) is 6.61 Å². The summed E-state index contributed by atoms with van der Waals surface area (Å²) in [6.07, 6.45) is -0.000605. The van der Waals surface area contributed by atoms with Crippen LogP contribution < -0.4 is 5.73 Å². The van der Waals surface area contributed by atoms with Crippen LogP contribution in [-0.4, -0.2) is 19.0 Å². The van der Waals surface area contributed by atoms with E-state index in [0.29, 0.717) is 6.42 Å². The Morgan fingerprint density at radius 2 is 2.17 bits per heavy atom. The summed E-state index contributed by atoms with van der Waals surface area (Å²) in [7, 11) is 0. The lowest BCUT2D eigenvalue weighted by atomic mass is 9.76. The second-order valence-electron chi connectivity index (χ2n) is 5.53. The van der Waals surface area contributed by atoms with Gasteiger partial charge in [0.2, 0.25) is 0 Å². The minimum Gasteiger partial charge on any atom is -0.462 e. The molecule has 0 amide bonds. The van der Waals surface area contributed by atoms with Crippen LogP contribution in [0.1, 0.15) is 12.0 Å². The fourth-order valence-corrected chi connectivity index (χ4v) is 3.32. The third-order valence-corrected chi connectivity index (χ3v) is 4.48. The van der Waals surface area contributed by atoms with Crippen molar-refractivity contribution in [3.05, 3.63) is 58.3 Å². The van der Waals surface area contributed by atoms with Gasteiger partial charge < -0.3 is 15.2 Å². The number of alkyl halides is 3.